The second-order valence-electron chi connectivity index (χ2n) is 6.33. The predicted octanol–water partition coefficient (Wildman–Crippen LogP) is -4.06. The van der Waals surface area contributed by atoms with Crippen LogP contribution in [-0.2, 0) is 18.9 Å². The lowest BCUT2D eigenvalue weighted by Gasteiger charge is -2.45. The van der Waals surface area contributed by atoms with Crippen molar-refractivity contribution in [2.24, 2.45) is 5.11 Å². The van der Waals surface area contributed by atoms with Crippen molar-refractivity contribution in [3.8, 4) is 0 Å². The average molecular weight is 411 g/mol. The first-order valence-corrected chi connectivity index (χ1v) is 8.56. The fourth-order valence-electron chi connectivity index (χ4n) is 2.95. The number of ether oxygens (including phenoxy) is 4. The molecule has 0 aromatic rings. The number of aliphatic hydroxyl groups excluding tert-OH is 7. The Morgan fingerprint density at radius 3 is 2.04 bits per heavy atom. The summed E-state index contributed by atoms with van der Waals surface area (Å²) in [5.74, 6) is 0. The number of nitrogens with zero attached hydrogens (tertiary/aromatic N) is 3. The molecule has 2 aliphatic heterocycles. The highest BCUT2D eigenvalue weighted by molar-refractivity contribution is 4.94. The molecule has 0 saturated carbocycles. The van der Waals surface area contributed by atoms with Gasteiger partial charge in [-0.15, -0.1) is 0 Å². The van der Waals surface area contributed by atoms with Crippen LogP contribution in [0, 0.1) is 0 Å². The third-order valence-corrected chi connectivity index (χ3v) is 4.50. The standard InChI is InChI=1S/C14H25N3O11/c15-17-16-1-2-25-13-11(24)9(22)12(6(4-19)27-13)28-14-10(23)8(21)7(20)5(3-18)26-14/h5-14,18-24H,1-4H2. The van der Waals surface area contributed by atoms with E-state index in [9.17, 15) is 35.7 Å². The molecule has 0 bridgehead atoms. The van der Waals surface area contributed by atoms with E-state index in [1.54, 1.807) is 0 Å². The highest BCUT2D eigenvalue weighted by Gasteiger charge is 2.50. The molecule has 10 unspecified atom stereocenters. The summed E-state index contributed by atoms with van der Waals surface area (Å²) in [7, 11) is 0. The molecule has 14 nitrogen and oxygen atoms in total. The highest BCUT2D eigenvalue weighted by atomic mass is 16.7. The summed E-state index contributed by atoms with van der Waals surface area (Å²) >= 11 is 0. The SMILES string of the molecule is [N-]=[N+]=NCCOC1OC(CO)C(OC2OC(CO)C(O)C(O)C2O)C(O)C1O. The van der Waals surface area contributed by atoms with Crippen molar-refractivity contribution in [1.29, 1.82) is 0 Å². The van der Waals surface area contributed by atoms with Crippen LogP contribution in [-0.4, -0.2) is 124 Å². The van der Waals surface area contributed by atoms with Crippen LogP contribution in [0.15, 0.2) is 5.11 Å². The van der Waals surface area contributed by atoms with Gasteiger partial charge < -0.3 is 54.7 Å². The Bertz CT molecular complexity index is 533. The van der Waals surface area contributed by atoms with E-state index < -0.39 is 74.6 Å². The van der Waals surface area contributed by atoms with Crippen LogP contribution in [0.2, 0.25) is 0 Å². The normalized spacial score (nSPS) is 44.1. The van der Waals surface area contributed by atoms with Gasteiger partial charge in [0.05, 0.1) is 19.8 Å². The number of hydrogen-bond acceptors (Lipinski definition) is 12. The Kier molecular flexibility index (Phi) is 8.76. The van der Waals surface area contributed by atoms with Gasteiger partial charge in [0, 0.05) is 11.5 Å². The van der Waals surface area contributed by atoms with Crippen molar-refractivity contribution >= 4 is 0 Å². The molecule has 2 saturated heterocycles. The number of aliphatic hydroxyl groups is 7. The minimum atomic E-state index is -1.74. The monoisotopic (exact) mass is 411 g/mol. The maximum absolute atomic E-state index is 10.3. The minimum absolute atomic E-state index is 0.0479. The number of hydrogen-bond donors (Lipinski definition) is 7. The molecule has 0 aromatic carbocycles. The molecule has 0 spiro atoms. The van der Waals surface area contributed by atoms with Gasteiger partial charge in [0.1, 0.15) is 48.8 Å². The third-order valence-electron chi connectivity index (χ3n) is 4.50. The summed E-state index contributed by atoms with van der Waals surface area (Å²) in [5.41, 5.74) is 8.21. The zero-order valence-electron chi connectivity index (χ0n) is 14.7. The van der Waals surface area contributed by atoms with Gasteiger partial charge in [-0.3, -0.25) is 0 Å². The van der Waals surface area contributed by atoms with Crippen LogP contribution < -0.4 is 0 Å². The smallest absolute Gasteiger partial charge is 0.187 e. The second-order valence-corrected chi connectivity index (χ2v) is 6.33. The lowest BCUT2D eigenvalue weighted by molar-refractivity contribution is -0.359. The summed E-state index contributed by atoms with van der Waals surface area (Å²) in [5, 5.41) is 72.1. The van der Waals surface area contributed by atoms with E-state index in [-0.39, 0.29) is 13.2 Å². The summed E-state index contributed by atoms with van der Waals surface area (Å²) in [6.45, 7) is -1.51. The summed E-state index contributed by atoms with van der Waals surface area (Å²) in [4.78, 5) is 2.53. The van der Waals surface area contributed by atoms with Crippen LogP contribution in [0.1, 0.15) is 0 Å². The molecule has 2 fully saturated rings. The van der Waals surface area contributed by atoms with Gasteiger partial charge in [0.15, 0.2) is 12.6 Å². The number of rotatable bonds is 8. The first kappa shape index (κ1) is 23.2. The third kappa shape index (κ3) is 5.07. The molecule has 7 N–H and O–H groups in total. The Hall–Kier alpha value is -1.13. The second kappa shape index (κ2) is 10.6. The largest absolute Gasteiger partial charge is 0.394 e. The molecular formula is C14H25N3O11. The van der Waals surface area contributed by atoms with E-state index in [2.05, 4.69) is 10.0 Å². The van der Waals surface area contributed by atoms with E-state index in [1.807, 2.05) is 0 Å². The Balaban J connectivity index is 2.05. The van der Waals surface area contributed by atoms with Gasteiger partial charge in [-0.2, -0.15) is 0 Å². The van der Waals surface area contributed by atoms with E-state index in [1.165, 1.54) is 0 Å². The van der Waals surface area contributed by atoms with E-state index in [0.29, 0.717) is 0 Å². The molecular weight excluding hydrogens is 386 g/mol. The van der Waals surface area contributed by atoms with Gasteiger partial charge >= 0.3 is 0 Å². The summed E-state index contributed by atoms with van der Waals surface area (Å²) < 4.78 is 21.1. The molecule has 2 aliphatic rings. The maximum Gasteiger partial charge on any atom is 0.187 e. The Labute approximate surface area is 159 Å². The van der Waals surface area contributed by atoms with Crippen LogP contribution in [0.3, 0.4) is 0 Å². The van der Waals surface area contributed by atoms with Gasteiger partial charge in [-0.25, -0.2) is 0 Å². The molecule has 0 amide bonds. The van der Waals surface area contributed by atoms with Gasteiger partial charge in [-0.1, -0.05) is 5.11 Å². The molecule has 162 valence electrons. The van der Waals surface area contributed by atoms with Gasteiger partial charge in [-0.05, 0) is 5.53 Å². The Morgan fingerprint density at radius 2 is 1.43 bits per heavy atom. The van der Waals surface area contributed by atoms with Crippen molar-refractivity contribution in [2.75, 3.05) is 26.4 Å². The summed E-state index contributed by atoms with van der Waals surface area (Å²) in [6.07, 6.45) is -15.1. The fourth-order valence-corrected chi connectivity index (χ4v) is 2.95. The van der Waals surface area contributed by atoms with Crippen LogP contribution >= 0.6 is 0 Å². The lowest BCUT2D eigenvalue weighted by atomic mass is 9.97. The average Bonchev–Trinajstić information content (AvgIpc) is 2.70. The first-order chi connectivity index (χ1) is 13.3. The topological polar surface area (TPSA) is 227 Å². The number of azide groups is 1. The van der Waals surface area contributed by atoms with Crippen LogP contribution in [0.25, 0.3) is 10.4 Å². The van der Waals surface area contributed by atoms with Crippen molar-refractivity contribution in [1.82, 2.24) is 0 Å². The van der Waals surface area contributed by atoms with E-state index >= 15 is 0 Å². The van der Waals surface area contributed by atoms with Crippen molar-refractivity contribution in [3.05, 3.63) is 10.4 Å². The van der Waals surface area contributed by atoms with Gasteiger partial charge in [0.25, 0.3) is 0 Å². The molecule has 0 aliphatic carbocycles. The van der Waals surface area contributed by atoms with Crippen molar-refractivity contribution in [2.45, 2.75) is 61.4 Å². The lowest BCUT2D eigenvalue weighted by Crippen LogP contribution is -2.64. The zero-order chi connectivity index (χ0) is 20.8. The molecule has 0 aromatic heterocycles. The molecule has 2 rings (SSSR count). The van der Waals surface area contributed by atoms with E-state index in [0.717, 1.165) is 0 Å². The van der Waals surface area contributed by atoms with Crippen LogP contribution in [0.5, 0.6) is 0 Å². The predicted molar refractivity (Wildman–Crippen MR) is 86.4 cm³/mol. The molecule has 10 atom stereocenters. The quantitative estimate of drug-likeness (QED) is 0.0879. The molecule has 14 heteroatoms. The first-order valence-electron chi connectivity index (χ1n) is 8.56. The molecule has 28 heavy (non-hydrogen) atoms. The maximum atomic E-state index is 10.3. The van der Waals surface area contributed by atoms with E-state index in [4.69, 9.17) is 24.5 Å². The van der Waals surface area contributed by atoms with Crippen molar-refractivity contribution < 1.29 is 54.7 Å². The fraction of sp³-hybridized carbons (Fsp3) is 1.00. The van der Waals surface area contributed by atoms with Crippen molar-refractivity contribution in [3.63, 3.8) is 0 Å². The van der Waals surface area contributed by atoms with Crippen LogP contribution in [0.4, 0.5) is 0 Å². The summed E-state index contributed by atoms with van der Waals surface area (Å²) in [6, 6.07) is 0. The van der Waals surface area contributed by atoms with Gasteiger partial charge in [0.2, 0.25) is 0 Å². The minimum Gasteiger partial charge on any atom is -0.394 e. The zero-order valence-corrected chi connectivity index (χ0v) is 14.7. The Morgan fingerprint density at radius 1 is 0.821 bits per heavy atom. The molecule has 2 heterocycles. The molecule has 0 radical (unpaired) electrons. The highest BCUT2D eigenvalue weighted by Crippen LogP contribution is 2.29.